The maximum absolute atomic E-state index is 12.7. The summed E-state index contributed by atoms with van der Waals surface area (Å²) in [6, 6.07) is 7.56. The van der Waals surface area contributed by atoms with E-state index in [4.69, 9.17) is 14.5 Å². The molecule has 1 aromatic carbocycles. The molecule has 2 heterocycles. The molecule has 1 aromatic heterocycles. The summed E-state index contributed by atoms with van der Waals surface area (Å²) < 4.78 is 11.3. The number of esters is 1. The highest BCUT2D eigenvalue weighted by Crippen LogP contribution is 2.59. The summed E-state index contributed by atoms with van der Waals surface area (Å²) in [6.07, 6.45) is 3.27. The zero-order chi connectivity index (χ0) is 22.6. The molecule has 5 rings (SSSR count). The zero-order valence-electron chi connectivity index (χ0n) is 19.0. The van der Waals surface area contributed by atoms with E-state index < -0.39 is 0 Å². The van der Waals surface area contributed by atoms with Crippen LogP contribution >= 0.6 is 11.3 Å². The van der Waals surface area contributed by atoms with Crippen LogP contribution in [0.5, 0.6) is 5.75 Å². The minimum atomic E-state index is -0.101. The molecule has 0 bridgehead atoms. The van der Waals surface area contributed by atoms with Gasteiger partial charge in [-0.25, -0.2) is 4.98 Å². The number of anilines is 1. The normalized spacial score (nSPS) is 33.0. The number of nitrogens with one attached hydrogen (secondary N) is 1. The molecule has 1 amide bonds. The molecule has 1 aliphatic heterocycles. The Bertz CT molecular complexity index is 1070. The van der Waals surface area contributed by atoms with E-state index in [2.05, 4.69) is 19.2 Å². The molecule has 1 saturated carbocycles. The number of carbonyl (C=O) groups is 2. The third-order valence-corrected chi connectivity index (χ3v) is 8.93. The highest BCUT2D eigenvalue weighted by Gasteiger charge is 2.58. The number of fused-ring (bicyclic) bond motifs is 4. The molecule has 170 valence electrons. The average molecular weight is 455 g/mol. The minimum absolute atomic E-state index is 0.0154. The van der Waals surface area contributed by atoms with Crippen LogP contribution in [0, 0.1) is 23.2 Å². The molecule has 6 atom stereocenters. The highest BCUT2D eigenvalue weighted by atomic mass is 32.1. The maximum Gasteiger partial charge on any atom is 0.309 e. The van der Waals surface area contributed by atoms with Gasteiger partial charge in [0.2, 0.25) is 5.91 Å². The van der Waals surface area contributed by atoms with Gasteiger partial charge in [0.1, 0.15) is 11.9 Å². The van der Waals surface area contributed by atoms with E-state index in [1.165, 1.54) is 4.88 Å². The van der Waals surface area contributed by atoms with Crippen LogP contribution in [0.2, 0.25) is 0 Å². The first-order chi connectivity index (χ1) is 15.3. The molecule has 1 saturated heterocycles. The molecule has 1 N–H and O–H groups in total. The number of ether oxygens (including phenoxy) is 2. The smallest absolute Gasteiger partial charge is 0.309 e. The average Bonchev–Trinajstić information content (AvgIpc) is 3.27. The van der Waals surface area contributed by atoms with E-state index in [1.54, 1.807) is 18.4 Å². The van der Waals surface area contributed by atoms with Crippen molar-refractivity contribution >= 4 is 28.3 Å². The number of thiazole rings is 1. The SMILES string of the molecule is COc1ccccc1CC(=O)Nc1nc2c(s1)C[C@]1(C)CC[C@@H]3[C@H](OC(=O)[C@H]3C)[C@H]1[C@@H]2C. The third kappa shape index (κ3) is 3.41. The molecule has 7 heteroatoms. The third-order valence-electron chi connectivity index (χ3n) is 7.95. The lowest BCUT2D eigenvalue weighted by Crippen LogP contribution is -2.50. The molecule has 0 spiro atoms. The fourth-order valence-corrected chi connectivity index (χ4v) is 7.60. The first-order valence-corrected chi connectivity index (χ1v) is 12.2. The van der Waals surface area contributed by atoms with Crippen molar-refractivity contribution in [2.45, 2.75) is 58.5 Å². The summed E-state index contributed by atoms with van der Waals surface area (Å²) in [4.78, 5) is 31.1. The van der Waals surface area contributed by atoms with Gasteiger partial charge in [-0.05, 0) is 30.7 Å². The number of amides is 1. The number of rotatable bonds is 4. The maximum atomic E-state index is 12.7. The van der Waals surface area contributed by atoms with Crippen LogP contribution in [0.25, 0.3) is 0 Å². The zero-order valence-corrected chi connectivity index (χ0v) is 19.8. The molecule has 0 unspecified atom stereocenters. The monoisotopic (exact) mass is 454 g/mol. The van der Waals surface area contributed by atoms with Gasteiger partial charge in [0.05, 0.1) is 25.1 Å². The lowest BCUT2D eigenvalue weighted by atomic mass is 9.54. The van der Waals surface area contributed by atoms with Gasteiger partial charge < -0.3 is 14.8 Å². The molecule has 32 heavy (non-hydrogen) atoms. The Balaban J connectivity index is 1.36. The first kappa shape index (κ1) is 21.4. The Hall–Kier alpha value is -2.41. The van der Waals surface area contributed by atoms with E-state index in [0.29, 0.717) is 16.8 Å². The van der Waals surface area contributed by atoms with Gasteiger partial charge in [-0.2, -0.15) is 0 Å². The van der Waals surface area contributed by atoms with E-state index in [1.807, 2.05) is 31.2 Å². The van der Waals surface area contributed by atoms with E-state index in [9.17, 15) is 9.59 Å². The van der Waals surface area contributed by atoms with E-state index in [0.717, 1.165) is 30.5 Å². The molecular weight excluding hydrogens is 424 g/mol. The topological polar surface area (TPSA) is 77.5 Å². The summed E-state index contributed by atoms with van der Waals surface area (Å²) in [5, 5.41) is 3.65. The minimum Gasteiger partial charge on any atom is -0.496 e. The molecule has 0 radical (unpaired) electrons. The second-order valence-corrected chi connectivity index (χ2v) is 11.0. The Labute approximate surface area is 192 Å². The van der Waals surface area contributed by atoms with Gasteiger partial charge in [-0.1, -0.05) is 39.0 Å². The highest BCUT2D eigenvalue weighted by molar-refractivity contribution is 7.15. The molecule has 2 aliphatic carbocycles. The second-order valence-electron chi connectivity index (χ2n) is 9.90. The van der Waals surface area contributed by atoms with Gasteiger partial charge in [-0.15, -0.1) is 11.3 Å². The van der Waals surface area contributed by atoms with E-state index in [-0.39, 0.29) is 47.6 Å². The molecule has 3 aliphatic rings. The van der Waals surface area contributed by atoms with Crippen molar-refractivity contribution < 1.29 is 19.1 Å². The lowest BCUT2D eigenvalue weighted by Gasteiger charge is -2.51. The molecule has 6 nitrogen and oxygen atoms in total. The van der Waals surface area contributed by atoms with Gasteiger partial charge >= 0.3 is 5.97 Å². The summed E-state index contributed by atoms with van der Waals surface area (Å²) >= 11 is 1.59. The van der Waals surface area contributed by atoms with Crippen molar-refractivity contribution in [1.29, 1.82) is 0 Å². The van der Waals surface area contributed by atoms with Crippen molar-refractivity contribution in [2.24, 2.45) is 23.2 Å². The summed E-state index contributed by atoms with van der Waals surface area (Å²) in [7, 11) is 1.61. The van der Waals surface area contributed by atoms with Gasteiger partial charge in [0.25, 0.3) is 0 Å². The van der Waals surface area contributed by atoms with Crippen molar-refractivity contribution in [3.63, 3.8) is 0 Å². The quantitative estimate of drug-likeness (QED) is 0.684. The largest absolute Gasteiger partial charge is 0.496 e. The number of methoxy groups -OCH3 is 1. The summed E-state index contributed by atoms with van der Waals surface area (Å²) in [5.41, 5.74) is 1.99. The summed E-state index contributed by atoms with van der Waals surface area (Å²) in [5.74, 6) is 1.30. The van der Waals surface area contributed by atoms with Crippen LogP contribution in [0.1, 0.15) is 55.7 Å². The van der Waals surface area contributed by atoms with Crippen molar-refractivity contribution in [3.05, 3.63) is 40.4 Å². The fraction of sp³-hybridized carbons (Fsp3) is 0.560. The number of benzene rings is 1. The van der Waals surface area contributed by atoms with Crippen LogP contribution in [0.4, 0.5) is 5.13 Å². The Morgan fingerprint density at radius 2 is 2.09 bits per heavy atom. The van der Waals surface area contributed by atoms with Crippen molar-refractivity contribution in [2.75, 3.05) is 12.4 Å². The van der Waals surface area contributed by atoms with Gasteiger partial charge in [0.15, 0.2) is 5.13 Å². The fourth-order valence-electron chi connectivity index (χ4n) is 6.32. The Kier molecular flexibility index (Phi) is 5.27. The van der Waals surface area contributed by atoms with Crippen molar-refractivity contribution in [1.82, 2.24) is 4.98 Å². The number of aromatic nitrogens is 1. The Morgan fingerprint density at radius 3 is 2.88 bits per heavy atom. The summed E-state index contributed by atoms with van der Waals surface area (Å²) in [6.45, 7) is 6.55. The van der Waals surface area contributed by atoms with Gasteiger partial charge in [0, 0.05) is 28.2 Å². The second kappa shape index (κ2) is 7.87. The predicted molar refractivity (Wildman–Crippen MR) is 123 cm³/mol. The number of nitrogens with zero attached hydrogens (tertiary/aromatic N) is 1. The predicted octanol–water partition coefficient (Wildman–Crippen LogP) is 4.59. The van der Waals surface area contributed by atoms with E-state index >= 15 is 0 Å². The van der Waals surface area contributed by atoms with Crippen LogP contribution in [-0.4, -0.2) is 30.1 Å². The van der Waals surface area contributed by atoms with Crippen LogP contribution in [-0.2, 0) is 27.2 Å². The van der Waals surface area contributed by atoms with Gasteiger partial charge in [-0.3, -0.25) is 9.59 Å². The number of hydrogen-bond donors (Lipinski definition) is 1. The molecule has 2 aromatic rings. The molecule has 2 fully saturated rings. The number of hydrogen-bond acceptors (Lipinski definition) is 6. The van der Waals surface area contributed by atoms with Crippen LogP contribution in [0.15, 0.2) is 24.3 Å². The van der Waals surface area contributed by atoms with Crippen molar-refractivity contribution in [3.8, 4) is 5.75 Å². The Morgan fingerprint density at radius 1 is 1.31 bits per heavy atom. The molecular formula is C25H30N2O4S. The standard InChI is InChI=1S/C25H30N2O4S/c1-13-16-9-10-25(3)12-18-21(14(2)20(25)22(16)31-23(13)29)27-24(32-18)26-19(28)11-15-7-5-6-8-17(15)30-4/h5-8,13-14,16,20,22H,9-12H2,1-4H3,(H,26,27,28)/t13-,14-,16-,20+,22-,25-/m0/s1. The number of carbonyl (C=O) groups excluding carboxylic acids is 2. The lowest BCUT2D eigenvalue weighted by molar-refractivity contribution is -0.149. The van der Waals surface area contributed by atoms with Crippen LogP contribution in [0.3, 0.4) is 0 Å². The van der Waals surface area contributed by atoms with Crippen LogP contribution < -0.4 is 10.1 Å². The first-order valence-electron chi connectivity index (χ1n) is 11.4. The number of para-hydroxylation sites is 1.